The smallest absolute Gasteiger partial charge is 0.224 e. The van der Waals surface area contributed by atoms with Gasteiger partial charge in [0.15, 0.2) is 0 Å². The van der Waals surface area contributed by atoms with Crippen LogP contribution in [0.5, 0.6) is 0 Å². The highest BCUT2D eigenvalue weighted by Gasteiger charge is 2.18. The first-order valence-electron chi connectivity index (χ1n) is 6.03. The second-order valence-corrected chi connectivity index (χ2v) is 5.85. The van der Waals surface area contributed by atoms with Gasteiger partial charge >= 0.3 is 0 Å². The van der Waals surface area contributed by atoms with Crippen LogP contribution >= 0.6 is 27.5 Å². The van der Waals surface area contributed by atoms with Crippen molar-refractivity contribution in [3.8, 4) is 0 Å². The van der Waals surface area contributed by atoms with Crippen LogP contribution in [0.4, 0.5) is 5.82 Å². The Morgan fingerprint density at radius 3 is 2.67 bits per heavy atom. The minimum Gasteiger partial charge on any atom is -0.356 e. The molecular formula is C13H13BrClN3. The van der Waals surface area contributed by atoms with E-state index in [1.54, 1.807) is 0 Å². The number of anilines is 1. The SMILES string of the molecule is Cc1cc(Br)c2nc(Cl)nc(N3CCCC3)c2c1. The third kappa shape index (κ3) is 2.08. The van der Waals surface area contributed by atoms with Crippen molar-refractivity contribution < 1.29 is 0 Å². The zero-order valence-corrected chi connectivity index (χ0v) is 12.4. The molecule has 1 saturated heterocycles. The molecule has 0 atom stereocenters. The van der Waals surface area contributed by atoms with Crippen LogP contribution < -0.4 is 4.90 Å². The van der Waals surface area contributed by atoms with Gasteiger partial charge in [-0.05, 0) is 65.0 Å². The van der Waals surface area contributed by atoms with Crippen molar-refractivity contribution in [2.24, 2.45) is 0 Å². The Bertz CT molecular complexity index is 609. The molecule has 1 aromatic carbocycles. The Balaban J connectivity index is 2.28. The van der Waals surface area contributed by atoms with Crippen molar-refractivity contribution in [2.75, 3.05) is 18.0 Å². The van der Waals surface area contributed by atoms with Crippen LogP contribution in [-0.4, -0.2) is 23.1 Å². The molecule has 0 N–H and O–H groups in total. The summed E-state index contributed by atoms with van der Waals surface area (Å²) in [6, 6.07) is 4.18. The summed E-state index contributed by atoms with van der Waals surface area (Å²) in [5.74, 6) is 0.965. The monoisotopic (exact) mass is 325 g/mol. The Hall–Kier alpha value is -0.870. The van der Waals surface area contributed by atoms with Crippen molar-refractivity contribution in [3.63, 3.8) is 0 Å². The largest absolute Gasteiger partial charge is 0.356 e. The van der Waals surface area contributed by atoms with Crippen molar-refractivity contribution in [2.45, 2.75) is 19.8 Å². The molecule has 0 spiro atoms. The second kappa shape index (κ2) is 4.67. The highest BCUT2D eigenvalue weighted by atomic mass is 79.9. The van der Waals surface area contributed by atoms with Gasteiger partial charge in [0.25, 0.3) is 0 Å². The van der Waals surface area contributed by atoms with Gasteiger partial charge in [-0.1, -0.05) is 0 Å². The summed E-state index contributed by atoms with van der Waals surface area (Å²) < 4.78 is 0.974. The lowest BCUT2D eigenvalue weighted by atomic mass is 10.1. The standard InChI is InChI=1S/C13H13BrClN3/c1-8-6-9-11(10(14)7-8)16-13(15)17-12(9)18-4-2-3-5-18/h6-7H,2-5H2,1H3. The van der Waals surface area contributed by atoms with E-state index in [-0.39, 0.29) is 0 Å². The molecule has 3 rings (SSSR count). The molecule has 0 bridgehead atoms. The molecule has 18 heavy (non-hydrogen) atoms. The van der Waals surface area contributed by atoms with Gasteiger partial charge in [0.1, 0.15) is 5.82 Å². The predicted molar refractivity (Wildman–Crippen MR) is 78.4 cm³/mol. The highest BCUT2D eigenvalue weighted by Crippen LogP contribution is 2.32. The van der Waals surface area contributed by atoms with Gasteiger partial charge < -0.3 is 4.90 Å². The average Bonchev–Trinajstić information content (AvgIpc) is 2.83. The van der Waals surface area contributed by atoms with E-state index in [0.29, 0.717) is 5.28 Å². The summed E-state index contributed by atoms with van der Waals surface area (Å²) in [5, 5.41) is 1.39. The number of rotatable bonds is 1. The normalized spacial score (nSPS) is 15.6. The van der Waals surface area contributed by atoms with Gasteiger partial charge in [0.2, 0.25) is 5.28 Å². The maximum atomic E-state index is 6.04. The number of benzene rings is 1. The quantitative estimate of drug-likeness (QED) is 0.743. The topological polar surface area (TPSA) is 29.0 Å². The lowest BCUT2D eigenvalue weighted by molar-refractivity contribution is 0.939. The average molecular weight is 327 g/mol. The minimum atomic E-state index is 0.314. The van der Waals surface area contributed by atoms with Crippen molar-refractivity contribution in [3.05, 3.63) is 27.5 Å². The second-order valence-electron chi connectivity index (χ2n) is 4.65. The number of halogens is 2. The summed E-state index contributed by atoms with van der Waals surface area (Å²) in [4.78, 5) is 11.0. The van der Waals surface area contributed by atoms with E-state index in [1.165, 1.54) is 18.4 Å². The highest BCUT2D eigenvalue weighted by molar-refractivity contribution is 9.10. The van der Waals surface area contributed by atoms with E-state index < -0.39 is 0 Å². The molecule has 0 unspecified atom stereocenters. The molecule has 0 radical (unpaired) electrons. The van der Waals surface area contributed by atoms with Crippen LogP contribution in [-0.2, 0) is 0 Å². The van der Waals surface area contributed by atoms with Crippen LogP contribution in [0.3, 0.4) is 0 Å². The first-order chi connectivity index (χ1) is 8.65. The lowest BCUT2D eigenvalue weighted by Crippen LogP contribution is -2.19. The zero-order valence-electron chi connectivity index (χ0n) is 10.1. The maximum Gasteiger partial charge on any atom is 0.224 e. The summed E-state index contributed by atoms with van der Waals surface area (Å²) in [6.07, 6.45) is 2.44. The maximum absolute atomic E-state index is 6.04. The number of nitrogens with zero attached hydrogens (tertiary/aromatic N) is 3. The van der Waals surface area contributed by atoms with E-state index in [4.69, 9.17) is 11.6 Å². The molecule has 2 aromatic rings. The number of aromatic nitrogens is 2. The van der Waals surface area contributed by atoms with Crippen molar-refractivity contribution >= 4 is 44.3 Å². The number of fused-ring (bicyclic) bond motifs is 1. The molecule has 1 fully saturated rings. The van der Waals surface area contributed by atoms with E-state index >= 15 is 0 Å². The summed E-state index contributed by atoms with van der Waals surface area (Å²) in [5.41, 5.74) is 2.09. The van der Waals surface area contributed by atoms with E-state index in [9.17, 15) is 0 Å². The molecule has 2 heterocycles. The first-order valence-corrected chi connectivity index (χ1v) is 7.20. The fourth-order valence-corrected chi connectivity index (χ4v) is 3.28. The van der Waals surface area contributed by atoms with E-state index in [1.807, 2.05) is 0 Å². The Kier molecular flexibility index (Phi) is 3.16. The van der Waals surface area contributed by atoms with Crippen LogP contribution in [0, 0.1) is 6.92 Å². The fraction of sp³-hybridized carbons (Fsp3) is 0.385. The zero-order chi connectivity index (χ0) is 12.7. The molecule has 1 aliphatic rings. The predicted octanol–water partition coefficient (Wildman–Crippen LogP) is 3.95. The van der Waals surface area contributed by atoms with Gasteiger partial charge in [0, 0.05) is 22.9 Å². The molecule has 0 saturated carbocycles. The van der Waals surface area contributed by atoms with E-state index in [0.717, 1.165) is 34.3 Å². The summed E-state index contributed by atoms with van der Waals surface area (Å²) >= 11 is 9.60. The number of aryl methyl sites for hydroxylation is 1. The molecule has 0 aliphatic carbocycles. The Morgan fingerprint density at radius 1 is 1.22 bits per heavy atom. The third-order valence-electron chi connectivity index (χ3n) is 3.26. The van der Waals surface area contributed by atoms with Crippen LogP contribution in [0.1, 0.15) is 18.4 Å². The Morgan fingerprint density at radius 2 is 1.94 bits per heavy atom. The summed E-state index contributed by atoms with van der Waals surface area (Å²) in [7, 11) is 0. The number of hydrogen-bond acceptors (Lipinski definition) is 3. The van der Waals surface area contributed by atoms with Crippen molar-refractivity contribution in [1.82, 2.24) is 9.97 Å². The lowest BCUT2D eigenvalue weighted by Gasteiger charge is -2.19. The first kappa shape index (κ1) is 12.2. The molecule has 1 aromatic heterocycles. The van der Waals surface area contributed by atoms with Crippen LogP contribution in [0.15, 0.2) is 16.6 Å². The summed E-state index contributed by atoms with van der Waals surface area (Å²) in [6.45, 7) is 4.18. The molecule has 1 aliphatic heterocycles. The van der Waals surface area contributed by atoms with Gasteiger partial charge in [-0.3, -0.25) is 0 Å². The van der Waals surface area contributed by atoms with Gasteiger partial charge in [-0.15, -0.1) is 0 Å². The van der Waals surface area contributed by atoms with Crippen molar-refractivity contribution in [1.29, 1.82) is 0 Å². The fourth-order valence-electron chi connectivity index (χ4n) is 2.45. The number of hydrogen-bond donors (Lipinski definition) is 0. The van der Waals surface area contributed by atoms with Crippen LogP contribution in [0.2, 0.25) is 5.28 Å². The molecule has 94 valence electrons. The van der Waals surface area contributed by atoms with E-state index in [2.05, 4.69) is 49.9 Å². The minimum absolute atomic E-state index is 0.314. The van der Waals surface area contributed by atoms with Gasteiger partial charge in [-0.25, -0.2) is 4.98 Å². The molecule has 3 nitrogen and oxygen atoms in total. The van der Waals surface area contributed by atoms with Gasteiger partial charge in [0.05, 0.1) is 5.52 Å². The van der Waals surface area contributed by atoms with Crippen LogP contribution in [0.25, 0.3) is 10.9 Å². The van der Waals surface area contributed by atoms with Gasteiger partial charge in [-0.2, -0.15) is 4.98 Å². The Labute approximate surface area is 119 Å². The third-order valence-corrected chi connectivity index (χ3v) is 4.03. The molecule has 5 heteroatoms. The molecule has 0 amide bonds. The molecular weight excluding hydrogens is 314 g/mol.